The molecular weight excluding hydrogens is 408 g/mol. The molecule has 2 saturated heterocycles. The number of aliphatic hydroxyl groups is 1. The largest absolute Gasteiger partial charge is 0.444 e. The Labute approximate surface area is 188 Å². The number of rotatable bonds is 4. The number of carbonyl (C=O) groups is 1. The number of ether oxygens (including phenoxy) is 2. The summed E-state index contributed by atoms with van der Waals surface area (Å²) in [7, 11) is 0. The molecule has 1 saturated carbocycles. The molecule has 3 heterocycles. The summed E-state index contributed by atoms with van der Waals surface area (Å²) in [4.78, 5) is 14.9. The number of aromatic nitrogens is 2. The van der Waals surface area contributed by atoms with Crippen LogP contribution in [0.4, 0.5) is 16.2 Å². The van der Waals surface area contributed by atoms with Gasteiger partial charge in [0.2, 0.25) is 0 Å². The molecule has 1 aliphatic carbocycles. The number of aliphatic hydroxyl groups excluding tert-OH is 1. The van der Waals surface area contributed by atoms with Gasteiger partial charge in [-0.3, -0.25) is 10.00 Å². The average molecular weight is 443 g/mol. The summed E-state index contributed by atoms with van der Waals surface area (Å²) in [6.07, 6.45) is 7.04. The Hall–Kier alpha value is -2.32. The highest BCUT2D eigenvalue weighted by Gasteiger charge is 2.40. The minimum atomic E-state index is -0.562. The summed E-state index contributed by atoms with van der Waals surface area (Å²) < 4.78 is 13.4. The van der Waals surface area contributed by atoms with Crippen LogP contribution in [0.3, 0.4) is 0 Å². The van der Waals surface area contributed by atoms with E-state index in [1.807, 2.05) is 26.8 Å². The van der Waals surface area contributed by atoms with Gasteiger partial charge in [0.25, 0.3) is 0 Å². The van der Waals surface area contributed by atoms with E-state index in [0.29, 0.717) is 18.0 Å². The molecule has 2 aliphatic heterocycles. The van der Waals surface area contributed by atoms with E-state index in [-0.39, 0.29) is 12.7 Å². The normalized spacial score (nSPS) is 27.8. The SMILES string of the molecule is CC(C)(C)OC(=O)Nc1cc2cn(C3CCC(CO)CC3)nc2cc1N1C[C@H]2C[C@@H]1CO2. The Morgan fingerprint density at radius 3 is 2.66 bits per heavy atom. The first-order valence-electron chi connectivity index (χ1n) is 11.8. The zero-order valence-corrected chi connectivity index (χ0v) is 19.2. The van der Waals surface area contributed by atoms with Gasteiger partial charge in [0.15, 0.2) is 0 Å². The number of amides is 1. The highest BCUT2D eigenvalue weighted by Crippen LogP contribution is 2.40. The summed E-state index contributed by atoms with van der Waals surface area (Å²) >= 11 is 0. The van der Waals surface area contributed by atoms with Crippen LogP contribution in [0.1, 0.15) is 58.9 Å². The molecule has 1 aromatic heterocycles. The van der Waals surface area contributed by atoms with Crippen LogP contribution in [0.2, 0.25) is 0 Å². The minimum Gasteiger partial charge on any atom is -0.444 e. The van der Waals surface area contributed by atoms with E-state index in [9.17, 15) is 9.90 Å². The van der Waals surface area contributed by atoms with Gasteiger partial charge in [0.05, 0.1) is 41.7 Å². The van der Waals surface area contributed by atoms with Gasteiger partial charge in [-0.2, -0.15) is 5.10 Å². The molecule has 2 bridgehead atoms. The molecule has 1 aromatic carbocycles. The lowest BCUT2D eigenvalue weighted by molar-refractivity contribution is 0.0636. The Morgan fingerprint density at radius 1 is 1.25 bits per heavy atom. The van der Waals surface area contributed by atoms with E-state index in [2.05, 4.69) is 27.2 Å². The molecule has 0 spiro atoms. The van der Waals surface area contributed by atoms with Gasteiger partial charge in [-0.25, -0.2) is 4.79 Å². The smallest absolute Gasteiger partial charge is 0.412 e. The highest BCUT2D eigenvalue weighted by molar-refractivity contribution is 5.97. The Bertz CT molecular complexity index is 990. The minimum absolute atomic E-state index is 0.254. The fourth-order valence-corrected chi connectivity index (χ4v) is 5.30. The average Bonchev–Trinajstić information content (AvgIpc) is 3.47. The molecule has 8 nitrogen and oxygen atoms in total. The molecule has 8 heteroatoms. The molecule has 2 atom stereocenters. The van der Waals surface area contributed by atoms with Crippen molar-refractivity contribution in [2.75, 3.05) is 30.0 Å². The van der Waals surface area contributed by atoms with Gasteiger partial charge in [-0.05, 0) is 70.9 Å². The van der Waals surface area contributed by atoms with Crippen molar-refractivity contribution in [3.63, 3.8) is 0 Å². The Kier molecular flexibility index (Phi) is 5.53. The second-order valence-electron chi connectivity index (χ2n) is 10.5. The van der Waals surface area contributed by atoms with Crippen molar-refractivity contribution in [3.8, 4) is 0 Å². The molecule has 5 rings (SSSR count). The maximum atomic E-state index is 12.6. The third kappa shape index (κ3) is 4.30. The van der Waals surface area contributed by atoms with Crippen molar-refractivity contribution in [1.29, 1.82) is 0 Å². The fraction of sp³-hybridized carbons (Fsp3) is 0.667. The van der Waals surface area contributed by atoms with Gasteiger partial charge in [-0.15, -0.1) is 0 Å². The molecule has 2 N–H and O–H groups in total. The zero-order chi connectivity index (χ0) is 22.5. The monoisotopic (exact) mass is 442 g/mol. The first-order valence-corrected chi connectivity index (χ1v) is 11.8. The van der Waals surface area contributed by atoms with Crippen LogP contribution in [0.25, 0.3) is 10.9 Å². The molecule has 174 valence electrons. The standard InChI is InChI=1S/C24H34N4O4/c1-24(2,3)32-23(30)25-21-8-16-11-28(17-6-4-15(13-29)5-7-17)26-20(16)10-22(21)27-12-19-9-18(27)14-31-19/h8,10-11,15,17-19,29H,4-7,9,12-14H2,1-3H3,(H,25,30)/t15?,17?,18-,19-/m1/s1. The van der Waals surface area contributed by atoms with Crippen LogP contribution in [0.15, 0.2) is 18.3 Å². The van der Waals surface area contributed by atoms with Gasteiger partial charge >= 0.3 is 6.09 Å². The lowest BCUT2D eigenvalue weighted by Gasteiger charge is -2.31. The van der Waals surface area contributed by atoms with Crippen molar-refractivity contribution < 1.29 is 19.4 Å². The van der Waals surface area contributed by atoms with Crippen LogP contribution in [-0.2, 0) is 9.47 Å². The Morgan fingerprint density at radius 2 is 2.03 bits per heavy atom. The van der Waals surface area contributed by atoms with Crippen LogP contribution >= 0.6 is 0 Å². The first-order chi connectivity index (χ1) is 15.3. The van der Waals surface area contributed by atoms with E-state index in [0.717, 1.165) is 67.5 Å². The van der Waals surface area contributed by atoms with Crippen LogP contribution in [0.5, 0.6) is 0 Å². The van der Waals surface area contributed by atoms with Crippen molar-refractivity contribution in [2.24, 2.45) is 5.92 Å². The van der Waals surface area contributed by atoms with E-state index in [1.54, 1.807) is 0 Å². The first kappa shape index (κ1) is 21.5. The second-order valence-corrected chi connectivity index (χ2v) is 10.5. The number of fused-ring (bicyclic) bond motifs is 3. The maximum absolute atomic E-state index is 12.6. The van der Waals surface area contributed by atoms with E-state index >= 15 is 0 Å². The predicted molar refractivity (Wildman–Crippen MR) is 123 cm³/mol. The van der Waals surface area contributed by atoms with Crippen LogP contribution < -0.4 is 10.2 Å². The topological polar surface area (TPSA) is 88.8 Å². The molecule has 3 fully saturated rings. The quantitative estimate of drug-likeness (QED) is 0.742. The van der Waals surface area contributed by atoms with Crippen LogP contribution in [-0.4, -0.2) is 58.5 Å². The number of carbonyl (C=O) groups excluding carboxylic acids is 1. The third-order valence-electron chi connectivity index (χ3n) is 6.93. The van der Waals surface area contributed by atoms with Crippen molar-refractivity contribution in [1.82, 2.24) is 9.78 Å². The number of nitrogens with zero attached hydrogens (tertiary/aromatic N) is 3. The Balaban J connectivity index is 1.45. The molecule has 32 heavy (non-hydrogen) atoms. The lowest BCUT2D eigenvalue weighted by atomic mass is 9.87. The fourth-order valence-electron chi connectivity index (χ4n) is 5.30. The molecule has 2 aromatic rings. The van der Waals surface area contributed by atoms with Crippen molar-refractivity contribution in [3.05, 3.63) is 18.3 Å². The number of hydrogen-bond donors (Lipinski definition) is 2. The molecule has 1 amide bonds. The van der Waals surface area contributed by atoms with Gasteiger partial charge in [0.1, 0.15) is 5.60 Å². The third-order valence-corrected chi connectivity index (χ3v) is 6.93. The molecule has 0 unspecified atom stereocenters. The highest BCUT2D eigenvalue weighted by atomic mass is 16.6. The molecular formula is C24H34N4O4. The summed E-state index contributed by atoms with van der Waals surface area (Å²) in [5.74, 6) is 0.417. The number of nitrogens with one attached hydrogen (secondary N) is 1. The van der Waals surface area contributed by atoms with Crippen molar-refractivity contribution in [2.45, 2.75) is 76.7 Å². The number of morpholine rings is 1. The summed E-state index contributed by atoms with van der Waals surface area (Å²) in [6, 6.07) is 4.79. The summed E-state index contributed by atoms with van der Waals surface area (Å²) in [5.41, 5.74) is 2.10. The second kappa shape index (κ2) is 8.23. The van der Waals surface area contributed by atoms with Crippen molar-refractivity contribution >= 4 is 28.4 Å². The zero-order valence-electron chi connectivity index (χ0n) is 19.2. The molecule has 3 aliphatic rings. The molecule has 0 radical (unpaired) electrons. The summed E-state index contributed by atoms with van der Waals surface area (Å²) in [6.45, 7) is 7.41. The van der Waals surface area contributed by atoms with Crippen LogP contribution in [0, 0.1) is 5.92 Å². The van der Waals surface area contributed by atoms with Gasteiger partial charge < -0.3 is 19.5 Å². The lowest BCUT2D eigenvalue weighted by Crippen LogP contribution is -2.37. The maximum Gasteiger partial charge on any atom is 0.412 e. The van der Waals surface area contributed by atoms with E-state index in [4.69, 9.17) is 14.6 Å². The predicted octanol–water partition coefficient (Wildman–Crippen LogP) is 4.08. The van der Waals surface area contributed by atoms with Gasteiger partial charge in [-0.1, -0.05) is 0 Å². The van der Waals surface area contributed by atoms with Gasteiger partial charge in [0, 0.05) is 24.7 Å². The van der Waals surface area contributed by atoms with E-state index < -0.39 is 11.7 Å². The summed E-state index contributed by atoms with van der Waals surface area (Å²) in [5, 5.41) is 18.3. The number of anilines is 2. The number of benzene rings is 1. The van der Waals surface area contributed by atoms with E-state index in [1.165, 1.54) is 0 Å². The number of hydrogen-bond acceptors (Lipinski definition) is 6.